The SMILES string of the molecule is Cc1ccc(C2CCC(CCC3CCC(CCC(F)F)CC3)CC2)c(F)c1F. The van der Waals surface area contributed by atoms with Crippen molar-refractivity contribution in [2.75, 3.05) is 0 Å². The van der Waals surface area contributed by atoms with Gasteiger partial charge in [0, 0.05) is 6.42 Å². The normalized spacial score (nSPS) is 28.6. The summed E-state index contributed by atoms with van der Waals surface area (Å²) in [5.41, 5.74) is 0.933. The Morgan fingerprint density at radius 1 is 0.750 bits per heavy atom. The van der Waals surface area contributed by atoms with Gasteiger partial charge in [0.2, 0.25) is 6.43 Å². The van der Waals surface area contributed by atoms with Crippen LogP contribution in [0.1, 0.15) is 94.1 Å². The highest BCUT2D eigenvalue weighted by Gasteiger charge is 2.27. The lowest BCUT2D eigenvalue weighted by atomic mass is 9.74. The molecule has 0 nitrogen and oxygen atoms in total. The first-order valence-electron chi connectivity index (χ1n) is 11.2. The van der Waals surface area contributed by atoms with E-state index < -0.39 is 18.1 Å². The molecule has 4 heteroatoms. The Hall–Kier alpha value is -1.06. The third kappa shape index (κ3) is 5.73. The minimum absolute atomic E-state index is 0.0596. The van der Waals surface area contributed by atoms with Crippen LogP contribution in [-0.2, 0) is 0 Å². The topological polar surface area (TPSA) is 0 Å². The average Bonchev–Trinajstić information content (AvgIpc) is 2.70. The maximum absolute atomic E-state index is 14.2. The van der Waals surface area contributed by atoms with E-state index in [1.807, 2.05) is 0 Å². The van der Waals surface area contributed by atoms with E-state index in [9.17, 15) is 17.6 Å². The van der Waals surface area contributed by atoms with Crippen LogP contribution in [0.2, 0.25) is 0 Å². The first-order valence-corrected chi connectivity index (χ1v) is 11.2. The van der Waals surface area contributed by atoms with Gasteiger partial charge in [0.25, 0.3) is 0 Å². The summed E-state index contributed by atoms with van der Waals surface area (Å²) >= 11 is 0. The van der Waals surface area contributed by atoms with Crippen molar-refractivity contribution < 1.29 is 17.6 Å². The van der Waals surface area contributed by atoms with E-state index in [1.54, 1.807) is 19.1 Å². The summed E-state index contributed by atoms with van der Waals surface area (Å²) in [6.07, 6.45) is 9.77. The zero-order chi connectivity index (χ0) is 20.1. The molecule has 28 heavy (non-hydrogen) atoms. The Balaban J connectivity index is 1.37. The van der Waals surface area contributed by atoms with E-state index in [-0.39, 0.29) is 12.3 Å². The molecule has 0 heterocycles. The predicted molar refractivity (Wildman–Crippen MR) is 106 cm³/mol. The van der Waals surface area contributed by atoms with Crippen molar-refractivity contribution in [3.63, 3.8) is 0 Å². The maximum atomic E-state index is 14.2. The van der Waals surface area contributed by atoms with Crippen LogP contribution >= 0.6 is 0 Å². The number of aryl methyl sites for hydroxylation is 1. The number of rotatable bonds is 7. The van der Waals surface area contributed by atoms with Crippen LogP contribution in [0.15, 0.2) is 12.1 Å². The quantitative estimate of drug-likeness (QED) is 0.406. The van der Waals surface area contributed by atoms with Crippen LogP contribution < -0.4 is 0 Å². The zero-order valence-corrected chi connectivity index (χ0v) is 17.0. The fourth-order valence-electron chi connectivity index (χ4n) is 5.38. The minimum atomic E-state index is -2.15. The summed E-state index contributed by atoms with van der Waals surface area (Å²) in [5.74, 6) is 0.772. The van der Waals surface area contributed by atoms with E-state index in [4.69, 9.17) is 0 Å². The van der Waals surface area contributed by atoms with E-state index in [1.165, 1.54) is 25.7 Å². The molecule has 0 radical (unpaired) electrons. The van der Waals surface area contributed by atoms with Gasteiger partial charge in [-0.15, -0.1) is 0 Å². The van der Waals surface area contributed by atoms with Gasteiger partial charge in [0.1, 0.15) is 0 Å². The molecule has 158 valence electrons. The summed E-state index contributed by atoms with van der Waals surface area (Å²) in [5, 5.41) is 0. The zero-order valence-electron chi connectivity index (χ0n) is 17.0. The first-order chi connectivity index (χ1) is 13.4. The van der Waals surface area contributed by atoms with Crippen LogP contribution in [0.4, 0.5) is 17.6 Å². The van der Waals surface area contributed by atoms with Gasteiger partial charge in [0.05, 0.1) is 0 Å². The van der Waals surface area contributed by atoms with Crippen LogP contribution in [0.25, 0.3) is 0 Å². The second-order valence-electron chi connectivity index (χ2n) is 9.25. The highest BCUT2D eigenvalue weighted by Crippen LogP contribution is 2.41. The monoisotopic (exact) mass is 398 g/mol. The van der Waals surface area contributed by atoms with Crippen molar-refractivity contribution in [3.8, 4) is 0 Å². The van der Waals surface area contributed by atoms with Gasteiger partial charge in [-0.3, -0.25) is 0 Å². The molecule has 0 amide bonds. The number of alkyl halides is 2. The molecule has 0 atom stereocenters. The molecule has 0 aliphatic heterocycles. The predicted octanol–water partition coefficient (Wildman–Crippen LogP) is 8.18. The fraction of sp³-hybridized carbons (Fsp3) is 0.750. The van der Waals surface area contributed by atoms with Gasteiger partial charge < -0.3 is 0 Å². The van der Waals surface area contributed by atoms with E-state index in [0.717, 1.165) is 44.4 Å². The second-order valence-corrected chi connectivity index (χ2v) is 9.25. The van der Waals surface area contributed by atoms with Crippen molar-refractivity contribution in [3.05, 3.63) is 34.9 Å². The second kappa shape index (κ2) is 10.1. The summed E-state index contributed by atoms with van der Waals surface area (Å²) < 4.78 is 52.8. The molecule has 0 N–H and O–H groups in total. The fourth-order valence-corrected chi connectivity index (χ4v) is 5.38. The Kier molecular flexibility index (Phi) is 7.82. The summed E-state index contributed by atoms with van der Waals surface area (Å²) in [6, 6.07) is 3.46. The number of hydrogen-bond acceptors (Lipinski definition) is 0. The van der Waals surface area contributed by atoms with Gasteiger partial charge in [-0.1, -0.05) is 50.7 Å². The Bertz CT molecular complexity index is 611. The van der Waals surface area contributed by atoms with Crippen molar-refractivity contribution in [2.45, 2.75) is 96.3 Å². The first kappa shape index (κ1) is 21.6. The van der Waals surface area contributed by atoms with Crippen LogP contribution in [-0.4, -0.2) is 6.43 Å². The summed E-state index contributed by atoms with van der Waals surface area (Å²) in [7, 11) is 0. The third-order valence-electron chi connectivity index (χ3n) is 7.33. The Morgan fingerprint density at radius 2 is 1.25 bits per heavy atom. The molecule has 2 aliphatic carbocycles. The standard InChI is InChI=1S/C24H34F4/c1-16-2-14-21(24(28)23(16)27)20-12-9-19(10-13-20)8-5-17-3-6-18(7-4-17)11-15-22(25)26/h2,14,17-20,22H,3-13,15H2,1H3. The largest absolute Gasteiger partial charge is 0.238 e. The highest BCUT2D eigenvalue weighted by molar-refractivity contribution is 5.28. The molecule has 0 saturated heterocycles. The lowest BCUT2D eigenvalue weighted by Gasteiger charge is -2.32. The average molecular weight is 399 g/mol. The molecule has 1 aromatic carbocycles. The van der Waals surface area contributed by atoms with Crippen LogP contribution in [0, 0.1) is 36.3 Å². The smallest absolute Gasteiger partial charge is 0.211 e. The molecular formula is C24H34F4. The lowest BCUT2D eigenvalue weighted by molar-refractivity contribution is 0.119. The molecule has 0 spiro atoms. The number of halogens is 4. The van der Waals surface area contributed by atoms with Crippen LogP contribution in [0.3, 0.4) is 0 Å². The Morgan fingerprint density at radius 3 is 1.79 bits per heavy atom. The molecule has 0 aromatic heterocycles. The van der Waals surface area contributed by atoms with Crippen molar-refractivity contribution in [1.82, 2.24) is 0 Å². The molecular weight excluding hydrogens is 364 g/mol. The third-order valence-corrected chi connectivity index (χ3v) is 7.33. The molecule has 0 bridgehead atoms. The van der Waals surface area contributed by atoms with Gasteiger partial charge in [0.15, 0.2) is 11.6 Å². The molecule has 3 rings (SSSR count). The van der Waals surface area contributed by atoms with Gasteiger partial charge in [-0.25, -0.2) is 17.6 Å². The number of benzene rings is 1. The summed E-state index contributed by atoms with van der Waals surface area (Å²) in [6.45, 7) is 1.60. The van der Waals surface area contributed by atoms with Gasteiger partial charge in [-0.2, -0.15) is 0 Å². The van der Waals surface area contributed by atoms with Crippen molar-refractivity contribution >= 4 is 0 Å². The molecule has 0 unspecified atom stereocenters. The molecule has 2 saturated carbocycles. The highest BCUT2D eigenvalue weighted by atomic mass is 19.3. The van der Waals surface area contributed by atoms with E-state index >= 15 is 0 Å². The van der Waals surface area contributed by atoms with Gasteiger partial charge in [-0.05, 0) is 73.8 Å². The van der Waals surface area contributed by atoms with E-state index in [2.05, 4.69) is 0 Å². The van der Waals surface area contributed by atoms with Crippen molar-refractivity contribution in [1.29, 1.82) is 0 Å². The van der Waals surface area contributed by atoms with Gasteiger partial charge >= 0.3 is 0 Å². The van der Waals surface area contributed by atoms with Crippen molar-refractivity contribution in [2.24, 2.45) is 17.8 Å². The summed E-state index contributed by atoms with van der Waals surface area (Å²) in [4.78, 5) is 0. The molecule has 2 aliphatic rings. The Labute approximate surface area is 167 Å². The molecule has 2 fully saturated rings. The molecule has 1 aromatic rings. The lowest BCUT2D eigenvalue weighted by Crippen LogP contribution is -2.18. The minimum Gasteiger partial charge on any atom is -0.211 e. The van der Waals surface area contributed by atoms with E-state index in [0.29, 0.717) is 29.4 Å². The number of hydrogen-bond donors (Lipinski definition) is 0. The van der Waals surface area contributed by atoms with Crippen LogP contribution in [0.5, 0.6) is 0 Å². The maximum Gasteiger partial charge on any atom is 0.238 e.